The van der Waals surface area contributed by atoms with Crippen molar-refractivity contribution in [1.29, 1.82) is 0 Å². The van der Waals surface area contributed by atoms with Gasteiger partial charge in [0.15, 0.2) is 0 Å². The molecule has 0 bridgehead atoms. The van der Waals surface area contributed by atoms with Crippen LogP contribution in [-0.2, 0) is 0 Å². The third-order valence-corrected chi connectivity index (χ3v) is 2.66. The van der Waals surface area contributed by atoms with E-state index in [1.807, 2.05) is 0 Å². The highest BCUT2D eigenvalue weighted by atomic mass is 19.4. The van der Waals surface area contributed by atoms with Gasteiger partial charge >= 0.3 is 6.18 Å². The molecule has 0 atom stereocenters. The van der Waals surface area contributed by atoms with Crippen LogP contribution in [0, 0.1) is 12.3 Å². The monoisotopic (exact) mass is 234 g/mol. The van der Waals surface area contributed by atoms with Crippen LogP contribution in [0.1, 0.15) is 12.8 Å². The molecule has 16 heavy (non-hydrogen) atoms. The predicted octanol–water partition coefficient (Wildman–Crippen LogP) is 1.58. The van der Waals surface area contributed by atoms with Crippen LogP contribution in [0.4, 0.5) is 13.2 Å². The standard InChI is InChI=1S/C11H17F3N2/c1-2-3-4-5-15-6-8-16(9-7-15)10-11(12,13)14/h1H,3-10H2. The highest BCUT2D eigenvalue weighted by molar-refractivity contribution is 4.84. The van der Waals surface area contributed by atoms with Crippen molar-refractivity contribution in [2.24, 2.45) is 0 Å². The summed E-state index contributed by atoms with van der Waals surface area (Å²) in [7, 11) is 0. The van der Waals surface area contributed by atoms with E-state index in [-0.39, 0.29) is 0 Å². The molecule has 1 aliphatic rings. The van der Waals surface area contributed by atoms with Crippen LogP contribution < -0.4 is 0 Å². The summed E-state index contributed by atoms with van der Waals surface area (Å²) >= 11 is 0. The first-order valence-electron chi connectivity index (χ1n) is 5.46. The van der Waals surface area contributed by atoms with Crippen LogP contribution in [0.15, 0.2) is 0 Å². The molecule has 1 aliphatic heterocycles. The number of hydrogen-bond donors (Lipinski definition) is 0. The molecule has 5 heteroatoms. The summed E-state index contributed by atoms with van der Waals surface area (Å²) in [6, 6.07) is 0. The van der Waals surface area contributed by atoms with Gasteiger partial charge in [0.1, 0.15) is 0 Å². The van der Waals surface area contributed by atoms with E-state index in [1.165, 1.54) is 4.90 Å². The van der Waals surface area contributed by atoms with Crippen molar-refractivity contribution in [3.05, 3.63) is 0 Å². The third kappa shape index (κ3) is 5.38. The van der Waals surface area contributed by atoms with E-state index in [9.17, 15) is 13.2 Å². The Hall–Kier alpha value is -0.730. The first-order chi connectivity index (χ1) is 7.51. The molecule has 1 heterocycles. The Kier molecular flexibility index (Phi) is 5.10. The molecule has 1 saturated heterocycles. The Bertz CT molecular complexity index is 237. The van der Waals surface area contributed by atoms with Gasteiger partial charge in [0.2, 0.25) is 0 Å². The van der Waals surface area contributed by atoms with Gasteiger partial charge in [-0.05, 0) is 13.0 Å². The second-order valence-corrected chi connectivity index (χ2v) is 4.04. The lowest BCUT2D eigenvalue weighted by Gasteiger charge is -2.34. The van der Waals surface area contributed by atoms with Gasteiger partial charge < -0.3 is 4.90 Å². The second-order valence-electron chi connectivity index (χ2n) is 4.04. The zero-order chi connectivity index (χ0) is 12.0. The van der Waals surface area contributed by atoms with E-state index >= 15 is 0 Å². The first kappa shape index (κ1) is 13.3. The molecule has 0 aromatic rings. The molecular formula is C11H17F3N2. The van der Waals surface area contributed by atoms with Gasteiger partial charge in [0, 0.05) is 32.6 Å². The van der Waals surface area contributed by atoms with Crippen LogP contribution in [0.3, 0.4) is 0 Å². The first-order valence-corrected chi connectivity index (χ1v) is 5.46. The number of halogens is 3. The molecule has 0 aliphatic carbocycles. The minimum atomic E-state index is -4.08. The molecule has 2 nitrogen and oxygen atoms in total. The predicted molar refractivity (Wildman–Crippen MR) is 57.0 cm³/mol. The van der Waals surface area contributed by atoms with E-state index in [4.69, 9.17) is 6.42 Å². The SMILES string of the molecule is C#CCCCN1CCN(CC(F)(F)F)CC1. The summed E-state index contributed by atoms with van der Waals surface area (Å²) in [4.78, 5) is 3.63. The topological polar surface area (TPSA) is 6.48 Å². The summed E-state index contributed by atoms with van der Waals surface area (Å²) in [5, 5.41) is 0. The van der Waals surface area contributed by atoms with Crippen molar-refractivity contribution in [1.82, 2.24) is 9.80 Å². The van der Waals surface area contributed by atoms with Crippen LogP contribution in [-0.4, -0.2) is 55.2 Å². The minimum absolute atomic E-state index is 0.496. The molecule has 0 aromatic heterocycles. The maximum atomic E-state index is 12.1. The van der Waals surface area contributed by atoms with Gasteiger partial charge in [-0.25, -0.2) is 0 Å². The third-order valence-electron chi connectivity index (χ3n) is 2.66. The van der Waals surface area contributed by atoms with E-state index in [0.717, 1.165) is 19.4 Å². The summed E-state index contributed by atoms with van der Waals surface area (Å²) in [5.74, 6) is 2.56. The van der Waals surface area contributed by atoms with Crippen molar-refractivity contribution in [3.63, 3.8) is 0 Å². The Morgan fingerprint density at radius 3 is 2.12 bits per heavy atom. The maximum absolute atomic E-state index is 12.1. The molecule has 1 fully saturated rings. The lowest BCUT2D eigenvalue weighted by Crippen LogP contribution is -2.49. The Labute approximate surface area is 94.4 Å². The van der Waals surface area contributed by atoms with Crippen molar-refractivity contribution < 1.29 is 13.2 Å². The number of rotatable bonds is 4. The fourth-order valence-corrected chi connectivity index (χ4v) is 1.83. The van der Waals surface area contributed by atoms with Crippen molar-refractivity contribution in [2.45, 2.75) is 19.0 Å². The van der Waals surface area contributed by atoms with Gasteiger partial charge in [0.05, 0.1) is 6.54 Å². The largest absolute Gasteiger partial charge is 0.401 e. The fourth-order valence-electron chi connectivity index (χ4n) is 1.83. The van der Waals surface area contributed by atoms with Crippen molar-refractivity contribution in [3.8, 4) is 12.3 Å². The Morgan fingerprint density at radius 1 is 1.06 bits per heavy atom. The number of unbranched alkanes of at least 4 members (excludes halogenated alkanes) is 1. The zero-order valence-electron chi connectivity index (χ0n) is 9.26. The summed E-state index contributed by atoms with van der Waals surface area (Å²) < 4.78 is 36.3. The Balaban J connectivity index is 2.16. The lowest BCUT2D eigenvalue weighted by atomic mass is 10.2. The normalized spacial score (nSPS) is 19.6. The van der Waals surface area contributed by atoms with E-state index < -0.39 is 12.7 Å². The van der Waals surface area contributed by atoms with Gasteiger partial charge in [-0.3, -0.25) is 4.90 Å². The van der Waals surface area contributed by atoms with Gasteiger partial charge in [-0.15, -0.1) is 12.3 Å². The van der Waals surface area contributed by atoms with Gasteiger partial charge in [0.25, 0.3) is 0 Å². The highest BCUT2D eigenvalue weighted by Crippen LogP contribution is 2.17. The van der Waals surface area contributed by atoms with Crippen molar-refractivity contribution in [2.75, 3.05) is 39.3 Å². The lowest BCUT2D eigenvalue weighted by molar-refractivity contribution is -0.149. The van der Waals surface area contributed by atoms with Crippen LogP contribution in [0.5, 0.6) is 0 Å². The number of hydrogen-bond acceptors (Lipinski definition) is 2. The van der Waals surface area contributed by atoms with Crippen molar-refractivity contribution >= 4 is 0 Å². The molecule has 0 aromatic carbocycles. The number of terminal acetylenes is 1. The molecular weight excluding hydrogens is 217 g/mol. The number of nitrogens with zero attached hydrogens (tertiary/aromatic N) is 2. The van der Waals surface area contributed by atoms with E-state index in [0.29, 0.717) is 26.2 Å². The smallest absolute Gasteiger partial charge is 0.301 e. The van der Waals surface area contributed by atoms with Crippen LogP contribution in [0.2, 0.25) is 0 Å². The maximum Gasteiger partial charge on any atom is 0.401 e. The minimum Gasteiger partial charge on any atom is -0.301 e. The van der Waals surface area contributed by atoms with Gasteiger partial charge in [-0.1, -0.05) is 0 Å². The molecule has 0 unspecified atom stereocenters. The average Bonchev–Trinajstić information content (AvgIpc) is 2.19. The van der Waals surface area contributed by atoms with Crippen LogP contribution in [0.25, 0.3) is 0 Å². The fraction of sp³-hybridized carbons (Fsp3) is 0.818. The average molecular weight is 234 g/mol. The molecule has 0 spiro atoms. The summed E-state index contributed by atoms with van der Waals surface area (Å²) in [6.45, 7) is 2.52. The molecule has 0 N–H and O–H groups in total. The molecule has 0 amide bonds. The second kappa shape index (κ2) is 6.12. The summed E-state index contributed by atoms with van der Waals surface area (Å²) in [6.07, 6.45) is 2.72. The number of piperazine rings is 1. The van der Waals surface area contributed by atoms with Crippen LogP contribution >= 0.6 is 0 Å². The highest BCUT2D eigenvalue weighted by Gasteiger charge is 2.31. The molecule has 92 valence electrons. The number of alkyl halides is 3. The van der Waals surface area contributed by atoms with Gasteiger partial charge in [-0.2, -0.15) is 13.2 Å². The molecule has 0 radical (unpaired) electrons. The summed E-state index contributed by atoms with van der Waals surface area (Å²) in [5.41, 5.74) is 0. The van der Waals surface area contributed by atoms with E-state index in [2.05, 4.69) is 10.8 Å². The molecule has 0 saturated carbocycles. The quantitative estimate of drug-likeness (QED) is 0.538. The zero-order valence-corrected chi connectivity index (χ0v) is 9.26. The molecule has 1 rings (SSSR count). The Morgan fingerprint density at radius 2 is 1.62 bits per heavy atom. The van der Waals surface area contributed by atoms with E-state index in [1.54, 1.807) is 0 Å².